The summed E-state index contributed by atoms with van der Waals surface area (Å²) < 4.78 is 0. The Morgan fingerprint density at radius 2 is 1.91 bits per heavy atom. The quantitative estimate of drug-likeness (QED) is 0.635. The van der Waals surface area contributed by atoms with E-state index in [1.165, 1.54) is 38.5 Å². The summed E-state index contributed by atoms with van der Waals surface area (Å²) in [5, 5.41) is 10.5. The minimum atomic E-state index is -0.445. The first-order valence-corrected chi connectivity index (χ1v) is 10.2. The molecule has 0 aromatic heterocycles. The molecule has 1 heteroatoms. The maximum Gasteiger partial charge on any atom is 0.0657 e. The number of hydrogen-bond donors (Lipinski definition) is 1. The Morgan fingerprint density at radius 3 is 2.57 bits per heavy atom. The summed E-state index contributed by atoms with van der Waals surface area (Å²) in [6.45, 7) is 11.9. The second-order valence-electron chi connectivity index (χ2n) is 9.53. The predicted octanol–water partition coefficient (Wildman–Crippen LogP) is 5.97. The molecule has 1 nitrogen and oxygen atoms in total. The third-order valence-corrected chi connectivity index (χ3v) is 8.33. The van der Waals surface area contributed by atoms with E-state index in [9.17, 15) is 5.11 Å². The smallest absolute Gasteiger partial charge is 0.0657 e. The molecular formula is C22H38O. The number of rotatable bonds is 3. The average molecular weight is 319 g/mol. The summed E-state index contributed by atoms with van der Waals surface area (Å²) in [5.41, 5.74) is 1.69. The maximum absolute atomic E-state index is 10.5. The molecule has 1 N–H and O–H groups in total. The van der Waals surface area contributed by atoms with Crippen LogP contribution in [0.3, 0.4) is 0 Å². The molecule has 2 saturated carbocycles. The molecule has 0 bridgehead atoms. The average Bonchev–Trinajstić information content (AvgIpc) is 2.52. The molecule has 0 aliphatic heterocycles. The number of hydrogen-bond acceptors (Lipinski definition) is 1. The van der Waals surface area contributed by atoms with Gasteiger partial charge in [0.2, 0.25) is 0 Å². The van der Waals surface area contributed by atoms with Crippen molar-refractivity contribution < 1.29 is 5.11 Å². The fourth-order valence-corrected chi connectivity index (χ4v) is 6.66. The van der Waals surface area contributed by atoms with Gasteiger partial charge in [0.1, 0.15) is 0 Å². The fourth-order valence-electron chi connectivity index (χ4n) is 6.66. The van der Waals surface area contributed by atoms with Gasteiger partial charge in [-0.2, -0.15) is 0 Å². The van der Waals surface area contributed by atoms with Crippen LogP contribution in [0, 0.1) is 35.0 Å². The largest absolute Gasteiger partial charge is 0.390 e. The van der Waals surface area contributed by atoms with E-state index in [-0.39, 0.29) is 0 Å². The molecule has 0 amide bonds. The van der Waals surface area contributed by atoms with Crippen LogP contribution in [0.4, 0.5) is 0 Å². The molecule has 3 rings (SSSR count). The van der Waals surface area contributed by atoms with Gasteiger partial charge >= 0.3 is 0 Å². The first-order chi connectivity index (χ1) is 10.8. The maximum atomic E-state index is 10.5. The Morgan fingerprint density at radius 1 is 1.17 bits per heavy atom. The molecule has 3 aliphatic rings. The highest BCUT2D eigenvalue weighted by Gasteiger charge is 2.51. The van der Waals surface area contributed by atoms with Crippen LogP contribution in [-0.4, -0.2) is 10.7 Å². The van der Waals surface area contributed by atoms with Crippen LogP contribution >= 0.6 is 0 Å². The van der Waals surface area contributed by atoms with Crippen molar-refractivity contribution in [2.45, 2.75) is 91.6 Å². The molecule has 0 spiro atoms. The molecule has 0 saturated heterocycles. The molecule has 7 unspecified atom stereocenters. The lowest BCUT2D eigenvalue weighted by atomic mass is 9.48. The Bertz CT molecular complexity index is 463. The second kappa shape index (κ2) is 6.21. The molecule has 23 heavy (non-hydrogen) atoms. The van der Waals surface area contributed by atoms with Gasteiger partial charge in [-0.15, -0.1) is 0 Å². The molecule has 7 atom stereocenters. The second-order valence-corrected chi connectivity index (χ2v) is 9.53. The van der Waals surface area contributed by atoms with Crippen molar-refractivity contribution in [1.82, 2.24) is 0 Å². The zero-order valence-electron chi connectivity index (χ0n) is 16.1. The van der Waals surface area contributed by atoms with Gasteiger partial charge in [0.25, 0.3) is 0 Å². The number of aliphatic hydroxyl groups is 1. The molecule has 0 aromatic carbocycles. The van der Waals surface area contributed by atoms with Crippen LogP contribution in [0.5, 0.6) is 0 Å². The van der Waals surface area contributed by atoms with E-state index in [0.29, 0.717) is 5.41 Å². The molecular weight excluding hydrogens is 280 g/mol. The van der Waals surface area contributed by atoms with Crippen LogP contribution in [0.2, 0.25) is 0 Å². The third kappa shape index (κ3) is 2.92. The van der Waals surface area contributed by atoms with E-state index in [4.69, 9.17) is 0 Å². The van der Waals surface area contributed by atoms with E-state index in [0.717, 1.165) is 42.4 Å². The van der Waals surface area contributed by atoms with Crippen LogP contribution in [0.25, 0.3) is 0 Å². The lowest BCUT2D eigenvalue weighted by Gasteiger charge is -2.57. The van der Waals surface area contributed by atoms with Crippen molar-refractivity contribution >= 4 is 0 Å². The molecule has 3 aliphatic carbocycles. The lowest BCUT2D eigenvalue weighted by Crippen LogP contribution is -2.49. The molecule has 132 valence electrons. The van der Waals surface area contributed by atoms with Gasteiger partial charge in [0, 0.05) is 0 Å². The van der Waals surface area contributed by atoms with Crippen molar-refractivity contribution in [1.29, 1.82) is 0 Å². The van der Waals surface area contributed by atoms with Crippen molar-refractivity contribution in [2.75, 3.05) is 0 Å². The van der Waals surface area contributed by atoms with Gasteiger partial charge in [-0.1, -0.05) is 52.2 Å². The van der Waals surface area contributed by atoms with Gasteiger partial charge in [0.15, 0.2) is 0 Å². The zero-order valence-corrected chi connectivity index (χ0v) is 16.1. The van der Waals surface area contributed by atoms with Gasteiger partial charge in [0.05, 0.1) is 5.60 Å². The van der Waals surface area contributed by atoms with Crippen molar-refractivity contribution in [3.8, 4) is 0 Å². The van der Waals surface area contributed by atoms with Gasteiger partial charge in [-0.05, 0) is 80.5 Å². The van der Waals surface area contributed by atoms with Gasteiger partial charge in [-0.25, -0.2) is 0 Å². The van der Waals surface area contributed by atoms with Crippen molar-refractivity contribution in [2.24, 2.45) is 35.0 Å². The summed E-state index contributed by atoms with van der Waals surface area (Å²) >= 11 is 0. The van der Waals surface area contributed by atoms with Crippen LogP contribution in [0.1, 0.15) is 86.0 Å². The van der Waals surface area contributed by atoms with E-state index < -0.39 is 5.60 Å². The highest BCUT2D eigenvalue weighted by molar-refractivity contribution is 5.20. The minimum absolute atomic E-state index is 0.445. The van der Waals surface area contributed by atoms with Gasteiger partial charge < -0.3 is 5.11 Å². The summed E-state index contributed by atoms with van der Waals surface area (Å²) in [5.74, 6) is 4.30. The van der Waals surface area contributed by atoms with E-state index in [1.54, 1.807) is 5.57 Å². The lowest BCUT2D eigenvalue weighted by molar-refractivity contribution is -0.0576. The van der Waals surface area contributed by atoms with Crippen molar-refractivity contribution in [3.05, 3.63) is 11.6 Å². The van der Waals surface area contributed by atoms with E-state index in [1.807, 2.05) is 6.92 Å². The summed E-state index contributed by atoms with van der Waals surface area (Å²) in [6.07, 6.45) is 12.5. The standard InChI is InChI=1S/C22H38O/c1-6-15(3)22(5)13-11-18-17-10-12-21(4,23)14-16(17)8-9-19(18)20(22)7-2/h8,15,17-20,23H,6-7,9-14H2,1-5H3. The number of allylic oxidation sites excluding steroid dienone is 1. The Labute approximate surface area is 143 Å². The van der Waals surface area contributed by atoms with Crippen LogP contribution in [-0.2, 0) is 0 Å². The monoisotopic (exact) mass is 318 g/mol. The van der Waals surface area contributed by atoms with Crippen LogP contribution < -0.4 is 0 Å². The molecule has 2 fully saturated rings. The first-order valence-electron chi connectivity index (χ1n) is 10.2. The minimum Gasteiger partial charge on any atom is -0.390 e. The fraction of sp³-hybridized carbons (Fsp3) is 0.909. The SMILES string of the molecule is CCC(C)C1(C)CCC2C3CCC(C)(O)CC3=CCC2C1CC. The summed E-state index contributed by atoms with van der Waals surface area (Å²) in [7, 11) is 0. The highest BCUT2D eigenvalue weighted by atomic mass is 16.3. The Balaban J connectivity index is 1.86. The Hall–Kier alpha value is -0.300. The molecule has 0 radical (unpaired) electrons. The number of fused-ring (bicyclic) bond motifs is 3. The summed E-state index contributed by atoms with van der Waals surface area (Å²) in [6, 6.07) is 0. The highest BCUT2D eigenvalue weighted by Crippen LogP contribution is 2.59. The van der Waals surface area contributed by atoms with Crippen LogP contribution in [0.15, 0.2) is 11.6 Å². The third-order valence-electron chi connectivity index (χ3n) is 8.33. The summed E-state index contributed by atoms with van der Waals surface area (Å²) in [4.78, 5) is 0. The molecule has 0 heterocycles. The zero-order chi connectivity index (χ0) is 16.8. The Kier molecular flexibility index (Phi) is 4.73. The predicted molar refractivity (Wildman–Crippen MR) is 98.2 cm³/mol. The van der Waals surface area contributed by atoms with E-state index in [2.05, 4.69) is 33.8 Å². The van der Waals surface area contributed by atoms with Crippen molar-refractivity contribution in [3.63, 3.8) is 0 Å². The molecule has 0 aromatic rings. The first kappa shape index (κ1) is 17.5. The van der Waals surface area contributed by atoms with E-state index >= 15 is 0 Å². The van der Waals surface area contributed by atoms with Gasteiger partial charge in [-0.3, -0.25) is 0 Å². The normalized spacial score (nSPS) is 48.2. The topological polar surface area (TPSA) is 20.2 Å².